The highest BCUT2D eigenvalue weighted by molar-refractivity contribution is 5.71. The Hall–Kier alpha value is -2.63. The summed E-state index contributed by atoms with van der Waals surface area (Å²) >= 11 is 0. The number of hydrogen-bond donors (Lipinski definition) is 0. The van der Waals surface area contributed by atoms with Gasteiger partial charge in [-0.15, -0.1) is 0 Å². The van der Waals surface area contributed by atoms with Gasteiger partial charge in [0.2, 0.25) is 0 Å². The van der Waals surface area contributed by atoms with E-state index in [0.29, 0.717) is 19.3 Å². The molecule has 0 spiro atoms. The summed E-state index contributed by atoms with van der Waals surface area (Å²) in [5, 5.41) is 0. The summed E-state index contributed by atoms with van der Waals surface area (Å²) in [6.07, 6.45) is 55.2. The Morgan fingerprint density at radius 2 is 0.638 bits per heavy atom. The van der Waals surface area contributed by atoms with Gasteiger partial charge in [0, 0.05) is 19.3 Å². The van der Waals surface area contributed by atoms with E-state index in [0.717, 1.165) is 96.3 Å². The largest absolute Gasteiger partial charge is 0.462 e. The highest BCUT2D eigenvalue weighted by Crippen LogP contribution is 2.14. The Morgan fingerprint density at radius 3 is 1.03 bits per heavy atom. The highest BCUT2D eigenvalue weighted by atomic mass is 16.6. The fourth-order valence-electron chi connectivity index (χ4n) is 6.78. The average molecular weight is 813 g/mol. The lowest BCUT2D eigenvalue weighted by atomic mass is 10.1. The maximum absolute atomic E-state index is 12.7. The fraction of sp³-hybridized carbons (Fsp3) is 0.788. The lowest BCUT2D eigenvalue weighted by Crippen LogP contribution is -2.30. The van der Waals surface area contributed by atoms with Crippen molar-refractivity contribution in [2.45, 2.75) is 252 Å². The molecule has 0 aliphatic heterocycles. The molecule has 0 rings (SSSR count). The lowest BCUT2D eigenvalue weighted by Gasteiger charge is -2.18. The van der Waals surface area contributed by atoms with E-state index < -0.39 is 6.10 Å². The van der Waals surface area contributed by atoms with E-state index in [1.165, 1.54) is 109 Å². The predicted molar refractivity (Wildman–Crippen MR) is 247 cm³/mol. The van der Waals surface area contributed by atoms with Crippen molar-refractivity contribution in [3.63, 3.8) is 0 Å². The van der Waals surface area contributed by atoms with Gasteiger partial charge in [-0.05, 0) is 77.0 Å². The minimum absolute atomic E-state index is 0.0801. The number of ether oxygens (including phenoxy) is 3. The molecule has 0 heterocycles. The van der Waals surface area contributed by atoms with Crippen LogP contribution in [0.3, 0.4) is 0 Å². The quantitative estimate of drug-likeness (QED) is 0.0264. The summed E-state index contributed by atoms with van der Waals surface area (Å²) in [7, 11) is 0. The minimum atomic E-state index is -0.779. The Morgan fingerprint density at radius 1 is 0.345 bits per heavy atom. The third-order valence-corrected chi connectivity index (χ3v) is 10.6. The number of allylic oxidation sites excluding steroid dienone is 8. The molecule has 6 heteroatoms. The second kappa shape index (κ2) is 47.1. The van der Waals surface area contributed by atoms with E-state index >= 15 is 0 Å². The van der Waals surface area contributed by atoms with E-state index in [1.54, 1.807) is 0 Å². The molecule has 0 aromatic heterocycles. The summed E-state index contributed by atoms with van der Waals surface area (Å²) in [6.45, 7) is 6.54. The summed E-state index contributed by atoms with van der Waals surface area (Å²) in [5.74, 6) is -0.902. The number of hydrogen-bond acceptors (Lipinski definition) is 6. The van der Waals surface area contributed by atoms with Gasteiger partial charge in [-0.2, -0.15) is 0 Å². The molecule has 0 saturated heterocycles. The second-order valence-electron chi connectivity index (χ2n) is 16.4. The van der Waals surface area contributed by atoms with Gasteiger partial charge in [-0.1, -0.05) is 198 Å². The van der Waals surface area contributed by atoms with Crippen LogP contribution in [0.2, 0.25) is 0 Å². The van der Waals surface area contributed by atoms with Gasteiger partial charge >= 0.3 is 17.9 Å². The van der Waals surface area contributed by atoms with Gasteiger partial charge in [0.15, 0.2) is 6.10 Å². The zero-order valence-electron chi connectivity index (χ0n) is 38.3. The lowest BCUT2D eigenvalue weighted by molar-refractivity contribution is -0.167. The molecule has 6 nitrogen and oxygen atoms in total. The fourth-order valence-corrected chi connectivity index (χ4v) is 6.78. The predicted octanol–water partition coefficient (Wildman–Crippen LogP) is 15.9. The zero-order chi connectivity index (χ0) is 42.3. The molecule has 0 bridgehead atoms. The van der Waals surface area contributed by atoms with Gasteiger partial charge in [0.05, 0.1) is 0 Å². The first kappa shape index (κ1) is 55.4. The van der Waals surface area contributed by atoms with E-state index in [2.05, 4.69) is 69.4 Å². The van der Waals surface area contributed by atoms with Crippen molar-refractivity contribution in [3.05, 3.63) is 48.6 Å². The van der Waals surface area contributed by atoms with Crippen molar-refractivity contribution in [1.82, 2.24) is 0 Å². The first-order valence-corrected chi connectivity index (χ1v) is 24.6. The van der Waals surface area contributed by atoms with Crippen molar-refractivity contribution in [3.8, 4) is 0 Å². The molecule has 0 aromatic carbocycles. The van der Waals surface area contributed by atoms with E-state index in [4.69, 9.17) is 14.2 Å². The van der Waals surface area contributed by atoms with Crippen LogP contribution in [-0.4, -0.2) is 37.2 Å². The Labute approximate surface area is 358 Å². The number of carbonyl (C=O) groups excluding carboxylic acids is 3. The second-order valence-corrected chi connectivity index (χ2v) is 16.4. The monoisotopic (exact) mass is 813 g/mol. The van der Waals surface area contributed by atoms with Crippen LogP contribution in [0, 0.1) is 0 Å². The van der Waals surface area contributed by atoms with Crippen molar-refractivity contribution < 1.29 is 28.6 Å². The van der Waals surface area contributed by atoms with Gasteiger partial charge in [0.1, 0.15) is 13.2 Å². The molecular weight excluding hydrogens is 721 g/mol. The normalized spacial score (nSPS) is 12.4. The third kappa shape index (κ3) is 44.5. The molecular formula is C52H92O6. The molecule has 0 saturated carbocycles. The van der Waals surface area contributed by atoms with Crippen molar-refractivity contribution in [2.75, 3.05) is 13.2 Å². The van der Waals surface area contributed by atoms with Gasteiger partial charge < -0.3 is 14.2 Å². The van der Waals surface area contributed by atoms with Crippen LogP contribution in [0.25, 0.3) is 0 Å². The maximum Gasteiger partial charge on any atom is 0.306 e. The molecule has 0 radical (unpaired) electrons. The van der Waals surface area contributed by atoms with Crippen LogP contribution < -0.4 is 0 Å². The summed E-state index contributed by atoms with van der Waals surface area (Å²) < 4.78 is 16.7. The maximum atomic E-state index is 12.7. The topological polar surface area (TPSA) is 78.9 Å². The Bertz CT molecular complexity index is 1030. The van der Waals surface area contributed by atoms with Gasteiger partial charge in [-0.25, -0.2) is 0 Å². The van der Waals surface area contributed by atoms with Crippen LogP contribution in [0.4, 0.5) is 0 Å². The standard InChI is InChI=1S/C52H92O6/c1-4-7-10-13-16-19-21-23-25-26-27-29-30-33-36-39-42-45-51(54)57-48-49(47-56-50(53)44-41-38-35-32-18-15-12-9-6-3)58-52(55)46-43-40-37-34-31-28-24-22-20-17-14-11-8-5-2/h14,16-17,19,22-25,49H,4-13,15,18,20-21,26-48H2,1-3H3/b17-14-,19-16-,24-22-,25-23-. The van der Waals surface area contributed by atoms with Crippen molar-refractivity contribution in [2.24, 2.45) is 0 Å². The Balaban J connectivity index is 4.35. The van der Waals surface area contributed by atoms with Crippen LogP contribution in [0.1, 0.15) is 245 Å². The van der Waals surface area contributed by atoms with Crippen LogP contribution in [-0.2, 0) is 28.6 Å². The van der Waals surface area contributed by atoms with Crippen molar-refractivity contribution >= 4 is 17.9 Å². The summed E-state index contributed by atoms with van der Waals surface area (Å²) in [6, 6.07) is 0. The molecule has 58 heavy (non-hydrogen) atoms. The SMILES string of the molecule is CCCC/C=C\C/C=C\CCCCCCCC(=O)OC(COC(=O)CCCCCCCCC/C=C\C/C=C\CCCCC)COC(=O)CCCCCCCCCCC. The summed E-state index contributed by atoms with van der Waals surface area (Å²) in [5.41, 5.74) is 0. The van der Waals surface area contributed by atoms with Crippen LogP contribution in [0.15, 0.2) is 48.6 Å². The molecule has 336 valence electrons. The van der Waals surface area contributed by atoms with E-state index in [-0.39, 0.29) is 31.1 Å². The first-order valence-electron chi connectivity index (χ1n) is 24.6. The smallest absolute Gasteiger partial charge is 0.306 e. The number of unbranched alkanes of at least 4 members (excludes halogenated alkanes) is 25. The molecule has 0 aromatic rings. The average Bonchev–Trinajstić information content (AvgIpc) is 3.22. The molecule has 1 unspecified atom stereocenters. The minimum Gasteiger partial charge on any atom is -0.462 e. The molecule has 0 amide bonds. The Kier molecular flexibility index (Phi) is 44.9. The molecule has 0 N–H and O–H groups in total. The number of rotatable bonds is 44. The van der Waals surface area contributed by atoms with Gasteiger partial charge in [0.25, 0.3) is 0 Å². The van der Waals surface area contributed by atoms with Crippen molar-refractivity contribution in [1.29, 1.82) is 0 Å². The summed E-state index contributed by atoms with van der Waals surface area (Å²) in [4.78, 5) is 37.8. The number of esters is 3. The number of carbonyl (C=O) groups is 3. The van der Waals surface area contributed by atoms with Gasteiger partial charge in [-0.3, -0.25) is 14.4 Å². The van der Waals surface area contributed by atoms with Crippen LogP contribution in [0.5, 0.6) is 0 Å². The third-order valence-electron chi connectivity index (χ3n) is 10.6. The molecule has 0 aliphatic rings. The van der Waals surface area contributed by atoms with Crippen LogP contribution >= 0.6 is 0 Å². The zero-order valence-corrected chi connectivity index (χ0v) is 38.3. The molecule has 0 fully saturated rings. The van der Waals surface area contributed by atoms with E-state index in [9.17, 15) is 14.4 Å². The molecule has 1 atom stereocenters. The highest BCUT2D eigenvalue weighted by Gasteiger charge is 2.19. The van der Waals surface area contributed by atoms with E-state index in [1.807, 2.05) is 0 Å². The molecule has 0 aliphatic carbocycles. The first-order chi connectivity index (χ1) is 28.5.